The minimum absolute atomic E-state index is 0.0887. The van der Waals surface area contributed by atoms with Crippen LogP contribution in [-0.2, 0) is 14.8 Å². The van der Waals surface area contributed by atoms with Crippen LogP contribution < -0.4 is 10.4 Å². The van der Waals surface area contributed by atoms with Crippen LogP contribution in [0.1, 0.15) is 18.9 Å². The lowest BCUT2D eigenvalue weighted by molar-refractivity contribution is 0.0662. The van der Waals surface area contributed by atoms with Crippen molar-refractivity contribution in [3.8, 4) is 5.69 Å². The SMILES string of the molecule is O=c1[nH]nnn1-c1ccc(NS(=O)(=O)c2cnn(C3CCOCC3)c2)cc1. The Morgan fingerprint density at radius 1 is 1.19 bits per heavy atom. The molecule has 0 bridgehead atoms. The molecule has 0 atom stereocenters. The number of benzene rings is 1. The molecule has 1 aliphatic rings. The number of aromatic amines is 1. The van der Waals surface area contributed by atoms with Crippen LogP contribution in [0, 0.1) is 0 Å². The van der Waals surface area contributed by atoms with Gasteiger partial charge in [0.15, 0.2) is 0 Å². The topological polar surface area (TPSA) is 137 Å². The van der Waals surface area contributed by atoms with E-state index in [4.69, 9.17) is 4.74 Å². The minimum Gasteiger partial charge on any atom is -0.381 e. The van der Waals surface area contributed by atoms with Gasteiger partial charge in [0.2, 0.25) is 0 Å². The summed E-state index contributed by atoms with van der Waals surface area (Å²) in [6, 6.07) is 6.34. The number of nitrogens with zero attached hydrogens (tertiary/aromatic N) is 5. The van der Waals surface area contributed by atoms with Crippen molar-refractivity contribution in [1.29, 1.82) is 0 Å². The van der Waals surface area contributed by atoms with E-state index >= 15 is 0 Å². The maximum Gasteiger partial charge on any atom is 0.365 e. The highest BCUT2D eigenvalue weighted by Gasteiger charge is 2.21. The van der Waals surface area contributed by atoms with E-state index < -0.39 is 15.7 Å². The summed E-state index contributed by atoms with van der Waals surface area (Å²) in [5.41, 5.74) is 0.335. The predicted molar refractivity (Wildman–Crippen MR) is 94.1 cm³/mol. The third-order valence-electron chi connectivity index (χ3n) is 4.29. The van der Waals surface area contributed by atoms with Crippen molar-refractivity contribution in [1.82, 2.24) is 30.0 Å². The molecule has 12 heteroatoms. The smallest absolute Gasteiger partial charge is 0.365 e. The van der Waals surface area contributed by atoms with E-state index in [2.05, 4.69) is 25.3 Å². The molecular weight excluding hydrogens is 374 g/mol. The second-order valence-corrected chi connectivity index (χ2v) is 7.75. The summed E-state index contributed by atoms with van der Waals surface area (Å²) >= 11 is 0. The quantitative estimate of drug-likeness (QED) is 0.638. The average molecular weight is 391 g/mol. The molecule has 4 rings (SSSR count). The number of nitrogens with one attached hydrogen (secondary N) is 2. The molecule has 0 unspecified atom stereocenters. The number of hydrogen-bond donors (Lipinski definition) is 2. The van der Waals surface area contributed by atoms with Crippen molar-refractivity contribution < 1.29 is 13.2 Å². The molecule has 2 N–H and O–H groups in total. The summed E-state index contributed by atoms with van der Waals surface area (Å²) in [5.74, 6) is 0. The first-order valence-electron chi connectivity index (χ1n) is 8.28. The lowest BCUT2D eigenvalue weighted by Crippen LogP contribution is -2.20. The molecule has 1 aromatic carbocycles. The summed E-state index contributed by atoms with van der Waals surface area (Å²) in [5, 5.41) is 13.4. The van der Waals surface area contributed by atoms with E-state index in [0.717, 1.165) is 17.5 Å². The zero-order chi connectivity index (χ0) is 18.9. The lowest BCUT2D eigenvalue weighted by Gasteiger charge is -2.22. The van der Waals surface area contributed by atoms with Gasteiger partial charge in [-0.25, -0.2) is 18.3 Å². The minimum atomic E-state index is -3.77. The molecule has 2 aromatic heterocycles. The highest BCUT2D eigenvalue weighted by Crippen LogP contribution is 2.22. The van der Waals surface area contributed by atoms with Gasteiger partial charge in [-0.05, 0) is 47.5 Å². The van der Waals surface area contributed by atoms with Crippen LogP contribution in [0.3, 0.4) is 0 Å². The van der Waals surface area contributed by atoms with E-state index in [9.17, 15) is 13.2 Å². The van der Waals surface area contributed by atoms with Crippen LogP contribution >= 0.6 is 0 Å². The van der Waals surface area contributed by atoms with Gasteiger partial charge in [-0.1, -0.05) is 0 Å². The van der Waals surface area contributed by atoms with Gasteiger partial charge in [0.25, 0.3) is 10.0 Å². The largest absolute Gasteiger partial charge is 0.381 e. The predicted octanol–water partition coefficient (Wildman–Crippen LogP) is 0.304. The maximum absolute atomic E-state index is 12.6. The summed E-state index contributed by atoms with van der Waals surface area (Å²) in [7, 11) is -3.77. The number of sulfonamides is 1. The standard InChI is InChI=1S/C15H17N7O4S/c23-15-17-19-20-22(15)13-3-1-11(2-4-13)18-27(24,25)14-9-16-21(10-14)12-5-7-26-8-6-12/h1-4,9-10,12,18H,5-8H2,(H,17,20,23). The van der Waals surface area contributed by atoms with E-state index in [0.29, 0.717) is 24.6 Å². The first-order valence-corrected chi connectivity index (χ1v) is 9.77. The van der Waals surface area contributed by atoms with E-state index in [1.165, 1.54) is 24.5 Å². The Morgan fingerprint density at radius 3 is 2.59 bits per heavy atom. The van der Waals surface area contributed by atoms with Gasteiger partial charge in [-0.15, -0.1) is 0 Å². The van der Waals surface area contributed by atoms with Crippen LogP contribution in [0.15, 0.2) is 46.3 Å². The Hall–Kier alpha value is -2.99. The fourth-order valence-corrected chi connectivity index (χ4v) is 3.86. The van der Waals surface area contributed by atoms with Crippen LogP contribution in [0.5, 0.6) is 0 Å². The summed E-state index contributed by atoms with van der Waals surface area (Å²) in [6.07, 6.45) is 4.47. The van der Waals surface area contributed by atoms with E-state index in [1.807, 2.05) is 0 Å². The normalized spacial score (nSPS) is 15.7. The fourth-order valence-electron chi connectivity index (χ4n) is 2.86. The zero-order valence-electron chi connectivity index (χ0n) is 14.1. The summed E-state index contributed by atoms with van der Waals surface area (Å²) in [4.78, 5) is 11.6. The van der Waals surface area contributed by atoms with E-state index in [-0.39, 0.29) is 10.9 Å². The molecule has 0 radical (unpaired) electrons. The molecule has 0 saturated carbocycles. The van der Waals surface area contributed by atoms with Crippen LogP contribution in [-0.4, -0.2) is 51.6 Å². The number of ether oxygens (including phenoxy) is 1. The van der Waals surface area contributed by atoms with Crippen molar-refractivity contribution in [3.05, 3.63) is 47.1 Å². The van der Waals surface area contributed by atoms with Crippen molar-refractivity contribution >= 4 is 15.7 Å². The first kappa shape index (κ1) is 17.4. The Labute approximate surface area is 154 Å². The van der Waals surface area contributed by atoms with Crippen molar-refractivity contribution in [2.75, 3.05) is 17.9 Å². The van der Waals surface area contributed by atoms with Gasteiger partial charge in [0.1, 0.15) is 4.90 Å². The number of H-pyrrole nitrogens is 1. The highest BCUT2D eigenvalue weighted by molar-refractivity contribution is 7.92. The van der Waals surface area contributed by atoms with Gasteiger partial charge in [0, 0.05) is 25.1 Å². The number of tetrazole rings is 1. The molecule has 3 aromatic rings. The zero-order valence-corrected chi connectivity index (χ0v) is 15.0. The lowest BCUT2D eigenvalue weighted by atomic mass is 10.1. The van der Waals surface area contributed by atoms with Crippen LogP contribution in [0.25, 0.3) is 5.69 Å². The Balaban J connectivity index is 1.51. The third-order valence-corrected chi connectivity index (χ3v) is 5.63. The van der Waals surface area contributed by atoms with Crippen LogP contribution in [0.2, 0.25) is 0 Å². The van der Waals surface area contributed by atoms with Gasteiger partial charge in [-0.2, -0.15) is 9.78 Å². The van der Waals surface area contributed by atoms with E-state index in [1.54, 1.807) is 16.8 Å². The number of aromatic nitrogens is 6. The Morgan fingerprint density at radius 2 is 1.93 bits per heavy atom. The monoisotopic (exact) mass is 391 g/mol. The number of anilines is 1. The number of hydrogen-bond acceptors (Lipinski definition) is 7. The Bertz CT molecular complexity index is 1080. The molecule has 3 heterocycles. The summed E-state index contributed by atoms with van der Waals surface area (Å²) in [6.45, 7) is 1.29. The van der Waals surface area contributed by atoms with Gasteiger partial charge >= 0.3 is 5.69 Å². The molecule has 142 valence electrons. The highest BCUT2D eigenvalue weighted by atomic mass is 32.2. The number of rotatable bonds is 5. The Kier molecular flexibility index (Phi) is 4.49. The maximum atomic E-state index is 12.6. The molecular formula is C15H17N7O4S. The third kappa shape index (κ3) is 3.61. The molecule has 0 spiro atoms. The second-order valence-electron chi connectivity index (χ2n) is 6.07. The molecule has 27 heavy (non-hydrogen) atoms. The molecule has 0 aliphatic carbocycles. The average Bonchev–Trinajstić information content (AvgIpc) is 3.33. The fraction of sp³-hybridized carbons (Fsp3) is 0.333. The molecule has 1 saturated heterocycles. The van der Waals surface area contributed by atoms with Crippen molar-refractivity contribution in [3.63, 3.8) is 0 Å². The van der Waals surface area contributed by atoms with Crippen molar-refractivity contribution in [2.24, 2.45) is 0 Å². The first-order chi connectivity index (χ1) is 13.0. The van der Waals surface area contributed by atoms with Gasteiger partial charge in [-0.3, -0.25) is 9.40 Å². The molecule has 1 fully saturated rings. The van der Waals surface area contributed by atoms with Gasteiger partial charge in [0.05, 0.1) is 17.9 Å². The summed E-state index contributed by atoms with van der Waals surface area (Å²) < 4.78 is 35.7. The van der Waals surface area contributed by atoms with Gasteiger partial charge < -0.3 is 4.74 Å². The van der Waals surface area contributed by atoms with Crippen LogP contribution in [0.4, 0.5) is 5.69 Å². The molecule has 0 amide bonds. The molecule has 1 aliphatic heterocycles. The second kappa shape index (κ2) is 6.96. The van der Waals surface area contributed by atoms with Crippen molar-refractivity contribution in [2.45, 2.75) is 23.8 Å². The molecule has 11 nitrogen and oxygen atoms in total.